The Morgan fingerprint density at radius 2 is 2.13 bits per heavy atom. The van der Waals surface area contributed by atoms with Crippen molar-refractivity contribution in [3.63, 3.8) is 0 Å². The first-order valence-electron chi connectivity index (χ1n) is 10.6. The number of hydrogen-bond acceptors (Lipinski definition) is 6. The minimum Gasteiger partial charge on any atom is -0.491 e. The highest BCUT2D eigenvalue weighted by Gasteiger charge is 2.16. The van der Waals surface area contributed by atoms with Crippen LogP contribution >= 0.6 is 0 Å². The van der Waals surface area contributed by atoms with Gasteiger partial charge in [0.2, 0.25) is 0 Å². The van der Waals surface area contributed by atoms with Gasteiger partial charge in [-0.25, -0.2) is 0 Å². The molecule has 8 heteroatoms. The van der Waals surface area contributed by atoms with E-state index in [2.05, 4.69) is 50.2 Å². The SMILES string of the molecule is CC(C)n1cnnc1-c1ccc2[nH]nc(-c3cccc(OCC4CNCCO4)c3)c2c1. The molecule has 0 amide bonds. The molecule has 1 unspecified atom stereocenters. The number of H-pyrrole nitrogens is 1. The van der Waals surface area contributed by atoms with Gasteiger partial charge >= 0.3 is 0 Å². The maximum absolute atomic E-state index is 6.00. The minimum atomic E-state index is 0.0736. The molecule has 3 heterocycles. The van der Waals surface area contributed by atoms with E-state index in [9.17, 15) is 0 Å². The predicted octanol–water partition coefficient (Wildman–Crippen LogP) is 3.44. The first kappa shape index (κ1) is 19.7. The molecule has 160 valence electrons. The van der Waals surface area contributed by atoms with Gasteiger partial charge in [-0.3, -0.25) is 5.10 Å². The van der Waals surface area contributed by atoms with Gasteiger partial charge in [0.1, 0.15) is 30.5 Å². The van der Waals surface area contributed by atoms with E-state index in [0.717, 1.165) is 59.0 Å². The summed E-state index contributed by atoms with van der Waals surface area (Å²) in [4.78, 5) is 0. The lowest BCUT2D eigenvalue weighted by Gasteiger charge is -2.23. The summed E-state index contributed by atoms with van der Waals surface area (Å²) in [5.41, 5.74) is 3.86. The molecule has 0 radical (unpaired) electrons. The average molecular weight is 419 g/mol. The second-order valence-corrected chi connectivity index (χ2v) is 8.02. The largest absolute Gasteiger partial charge is 0.491 e. The van der Waals surface area contributed by atoms with Gasteiger partial charge in [-0.05, 0) is 44.2 Å². The van der Waals surface area contributed by atoms with Gasteiger partial charge in [-0.1, -0.05) is 12.1 Å². The van der Waals surface area contributed by atoms with Gasteiger partial charge in [0, 0.05) is 35.6 Å². The standard InChI is InChI=1S/C23H26N6O2/c1-15(2)29-14-25-28-23(29)17-6-7-21-20(11-17)22(27-26-21)16-4-3-5-18(10-16)31-13-19-12-24-8-9-30-19/h3-7,10-11,14-15,19,24H,8-9,12-13H2,1-2H3,(H,26,27). The molecule has 1 saturated heterocycles. The molecule has 1 aliphatic rings. The van der Waals surface area contributed by atoms with Crippen LogP contribution in [0.2, 0.25) is 0 Å². The normalized spacial score (nSPS) is 16.8. The van der Waals surface area contributed by atoms with E-state index < -0.39 is 0 Å². The van der Waals surface area contributed by atoms with Gasteiger partial charge in [-0.2, -0.15) is 5.10 Å². The smallest absolute Gasteiger partial charge is 0.164 e. The van der Waals surface area contributed by atoms with E-state index in [1.54, 1.807) is 6.33 Å². The number of fused-ring (bicyclic) bond motifs is 1. The molecule has 1 aliphatic heterocycles. The van der Waals surface area contributed by atoms with Crippen LogP contribution in [0.15, 0.2) is 48.8 Å². The summed E-state index contributed by atoms with van der Waals surface area (Å²) >= 11 is 0. The Kier molecular flexibility index (Phi) is 5.40. The molecule has 8 nitrogen and oxygen atoms in total. The fraction of sp³-hybridized carbons (Fsp3) is 0.348. The van der Waals surface area contributed by atoms with E-state index in [0.29, 0.717) is 6.61 Å². The van der Waals surface area contributed by atoms with Crippen LogP contribution in [0, 0.1) is 0 Å². The molecule has 2 aromatic heterocycles. The predicted molar refractivity (Wildman–Crippen MR) is 119 cm³/mol. The third-order valence-electron chi connectivity index (χ3n) is 5.50. The van der Waals surface area contributed by atoms with Crippen LogP contribution in [-0.4, -0.2) is 57.4 Å². The second-order valence-electron chi connectivity index (χ2n) is 8.02. The summed E-state index contributed by atoms with van der Waals surface area (Å²) in [7, 11) is 0. The van der Waals surface area contributed by atoms with Crippen molar-refractivity contribution < 1.29 is 9.47 Å². The van der Waals surface area contributed by atoms with Crippen LogP contribution in [0.3, 0.4) is 0 Å². The van der Waals surface area contributed by atoms with Crippen LogP contribution in [-0.2, 0) is 4.74 Å². The summed E-state index contributed by atoms with van der Waals surface area (Å²) in [5, 5.41) is 20.5. The van der Waals surface area contributed by atoms with Crippen molar-refractivity contribution in [3.05, 3.63) is 48.8 Å². The Labute approximate surface area is 180 Å². The lowest BCUT2D eigenvalue weighted by atomic mass is 10.0. The quantitative estimate of drug-likeness (QED) is 0.499. The van der Waals surface area contributed by atoms with E-state index in [1.165, 1.54) is 0 Å². The van der Waals surface area contributed by atoms with E-state index in [4.69, 9.17) is 9.47 Å². The number of nitrogens with one attached hydrogen (secondary N) is 2. The molecule has 31 heavy (non-hydrogen) atoms. The highest BCUT2D eigenvalue weighted by Crippen LogP contribution is 2.32. The highest BCUT2D eigenvalue weighted by atomic mass is 16.5. The van der Waals surface area contributed by atoms with Crippen molar-refractivity contribution in [2.75, 3.05) is 26.3 Å². The van der Waals surface area contributed by atoms with Crippen molar-refractivity contribution in [1.29, 1.82) is 0 Å². The number of morpholine rings is 1. The number of aromatic amines is 1. The summed E-state index contributed by atoms with van der Waals surface area (Å²) in [6.07, 6.45) is 1.84. The third-order valence-corrected chi connectivity index (χ3v) is 5.50. The molecule has 5 rings (SSSR count). The van der Waals surface area contributed by atoms with E-state index in [-0.39, 0.29) is 12.1 Å². The van der Waals surface area contributed by atoms with Crippen molar-refractivity contribution >= 4 is 10.9 Å². The fourth-order valence-electron chi connectivity index (χ4n) is 3.85. The van der Waals surface area contributed by atoms with Gasteiger partial charge in [0.25, 0.3) is 0 Å². The molecule has 1 fully saturated rings. The lowest BCUT2D eigenvalue weighted by molar-refractivity contribution is 0.000204. The van der Waals surface area contributed by atoms with Crippen molar-refractivity contribution in [1.82, 2.24) is 30.3 Å². The zero-order valence-electron chi connectivity index (χ0n) is 17.7. The van der Waals surface area contributed by atoms with Gasteiger partial charge in [0.15, 0.2) is 5.82 Å². The summed E-state index contributed by atoms with van der Waals surface area (Å²) in [6, 6.07) is 14.5. The topological polar surface area (TPSA) is 89.9 Å². The summed E-state index contributed by atoms with van der Waals surface area (Å²) in [6.45, 7) is 7.19. The van der Waals surface area contributed by atoms with Crippen LogP contribution in [0.1, 0.15) is 19.9 Å². The van der Waals surface area contributed by atoms with Crippen molar-refractivity contribution in [3.8, 4) is 28.4 Å². The number of benzene rings is 2. The molecule has 1 atom stereocenters. The first-order valence-corrected chi connectivity index (χ1v) is 10.6. The Hall–Kier alpha value is -3.23. The molecular weight excluding hydrogens is 392 g/mol. The Balaban J connectivity index is 1.44. The van der Waals surface area contributed by atoms with Crippen LogP contribution in [0.5, 0.6) is 5.75 Å². The number of rotatable bonds is 6. The summed E-state index contributed by atoms with van der Waals surface area (Å²) in [5.74, 6) is 1.65. The Bertz CT molecular complexity index is 1180. The molecule has 0 aliphatic carbocycles. The molecule has 4 aromatic rings. The van der Waals surface area contributed by atoms with Crippen molar-refractivity contribution in [2.45, 2.75) is 26.0 Å². The van der Waals surface area contributed by atoms with E-state index >= 15 is 0 Å². The molecule has 2 aromatic carbocycles. The maximum atomic E-state index is 6.00. The molecule has 0 bridgehead atoms. The van der Waals surface area contributed by atoms with Crippen LogP contribution in [0.4, 0.5) is 0 Å². The maximum Gasteiger partial charge on any atom is 0.164 e. The number of hydrogen-bond donors (Lipinski definition) is 2. The van der Waals surface area contributed by atoms with Crippen LogP contribution < -0.4 is 10.1 Å². The lowest BCUT2D eigenvalue weighted by Crippen LogP contribution is -2.41. The van der Waals surface area contributed by atoms with Gasteiger partial charge in [-0.15, -0.1) is 10.2 Å². The fourth-order valence-corrected chi connectivity index (χ4v) is 3.85. The molecule has 0 saturated carbocycles. The first-order chi connectivity index (χ1) is 15.2. The molecule has 0 spiro atoms. The van der Waals surface area contributed by atoms with Gasteiger partial charge < -0.3 is 19.4 Å². The highest BCUT2D eigenvalue weighted by molar-refractivity contribution is 5.95. The monoisotopic (exact) mass is 418 g/mol. The minimum absolute atomic E-state index is 0.0736. The zero-order valence-corrected chi connectivity index (χ0v) is 17.7. The number of aromatic nitrogens is 5. The molecule has 2 N–H and O–H groups in total. The number of nitrogens with zero attached hydrogens (tertiary/aromatic N) is 4. The summed E-state index contributed by atoms with van der Waals surface area (Å²) < 4.78 is 13.8. The average Bonchev–Trinajstić information content (AvgIpc) is 3.45. The Morgan fingerprint density at radius 3 is 2.97 bits per heavy atom. The van der Waals surface area contributed by atoms with E-state index in [1.807, 2.05) is 36.4 Å². The zero-order chi connectivity index (χ0) is 21.2. The Morgan fingerprint density at radius 1 is 1.19 bits per heavy atom. The number of ether oxygens (including phenoxy) is 2. The van der Waals surface area contributed by atoms with Crippen molar-refractivity contribution in [2.24, 2.45) is 0 Å². The van der Waals surface area contributed by atoms with Gasteiger partial charge in [0.05, 0.1) is 12.1 Å². The van der Waals surface area contributed by atoms with Crippen LogP contribution in [0.25, 0.3) is 33.5 Å². The molecular formula is C23H26N6O2. The third kappa shape index (κ3) is 4.04. The second kappa shape index (κ2) is 8.49.